The predicted octanol–water partition coefficient (Wildman–Crippen LogP) is 1.96. The van der Waals surface area contributed by atoms with E-state index in [-0.39, 0.29) is 6.10 Å². The lowest BCUT2D eigenvalue weighted by atomic mass is 9.92. The van der Waals surface area contributed by atoms with Gasteiger partial charge in [-0.25, -0.2) is 0 Å². The first-order chi connectivity index (χ1) is 5.74. The second kappa shape index (κ2) is 4.83. The van der Waals surface area contributed by atoms with E-state index >= 15 is 0 Å². The zero-order valence-corrected chi connectivity index (χ0v) is 8.12. The van der Waals surface area contributed by atoms with Crippen LogP contribution in [0.15, 0.2) is 0 Å². The molecule has 1 aliphatic heterocycles. The van der Waals surface area contributed by atoms with E-state index in [0.29, 0.717) is 12.0 Å². The minimum Gasteiger partial charge on any atom is -0.393 e. The van der Waals surface area contributed by atoms with Crippen molar-refractivity contribution in [2.75, 3.05) is 6.61 Å². The van der Waals surface area contributed by atoms with E-state index in [1.807, 2.05) is 0 Å². The van der Waals surface area contributed by atoms with Crippen molar-refractivity contribution >= 4 is 0 Å². The van der Waals surface area contributed by atoms with E-state index in [2.05, 4.69) is 13.8 Å². The van der Waals surface area contributed by atoms with Crippen LogP contribution in [0, 0.1) is 5.92 Å². The van der Waals surface area contributed by atoms with Gasteiger partial charge in [-0.05, 0) is 25.2 Å². The Hall–Kier alpha value is -0.0800. The van der Waals surface area contributed by atoms with Crippen LogP contribution in [0.25, 0.3) is 0 Å². The van der Waals surface area contributed by atoms with Gasteiger partial charge in [-0.1, -0.05) is 20.3 Å². The Labute approximate surface area is 74.9 Å². The van der Waals surface area contributed by atoms with Gasteiger partial charge in [0.25, 0.3) is 0 Å². The summed E-state index contributed by atoms with van der Waals surface area (Å²) in [6, 6.07) is 0. The van der Waals surface area contributed by atoms with Gasteiger partial charge in [0.15, 0.2) is 0 Å². The molecule has 3 unspecified atom stereocenters. The summed E-state index contributed by atoms with van der Waals surface area (Å²) in [5, 5.41) is 9.42. The molecular formula is C10H20O2. The second-order valence-electron chi connectivity index (χ2n) is 3.85. The Bertz CT molecular complexity index is 125. The van der Waals surface area contributed by atoms with E-state index in [1.165, 1.54) is 12.8 Å². The summed E-state index contributed by atoms with van der Waals surface area (Å²) in [6.07, 6.45) is 4.24. The van der Waals surface area contributed by atoms with Gasteiger partial charge in [-0.15, -0.1) is 0 Å². The van der Waals surface area contributed by atoms with Gasteiger partial charge >= 0.3 is 0 Å². The van der Waals surface area contributed by atoms with Crippen LogP contribution in [0.1, 0.15) is 39.5 Å². The molecule has 0 saturated carbocycles. The Morgan fingerprint density at radius 1 is 1.58 bits per heavy atom. The third kappa shape index (κ3) is 2.76. The van der Waals surface area contributed by atoms with E-state index in [0.717, 1.165) is 19.4 Å². The SMILES string of the molecule is CCCC(C)C1CC(O)CCO1. The van der Waals surface area contributed by atoms with Crippen LogP contribution in [0.4, 0.5) is 0 Å². The molecule has 12 heavy (non-hydrogen) atoms. The van der Waals surface area contributed by atoms with Gasteiger partial charge in [-0.2, -0.15) is 0 Å². The van der Waals surface area contributed by atoms with E-state index in [1.54, 1.807) is 0 Å². The Morgan fingerprint density at radius 3 is 2.92 bits per heavy atom. The van der Waals surface area contributed by atoms with Crippen LogP contribution in [0.2, 0.25) is 0 Å². The predicted molar refractivity (Wildman–Crippen MR) is 49.1 cm³/mol. The molecule has 1 aliphatic rings. The normalized spacial score (nSPS) is 33.2. The van der Waals surface area contributed by atoms with Crippen molar-refractivity contribution in [1.82, 2.24) is 0 Å². The maximum absolute atomic E-state index is 9.42. The zero-order chi connectivity index (χ0) is 8.97. The molecule has 0 aliphatic carbocycles. The van der Waals surface area contributed by atoms with Crippen molar-refractivity contribution in [2.24, 2.45) is 5.92 Å². The highest BCUT2D eigenvalue weighted by Gasteiger charge is 2.24. The molecule has 1 saturated heterocycles. The third-order valence-electron chi connectivity index (χ3n) is 2.67. The fraction of sp³-hybridized carbons (Fsp3) is 1.00. The minimum atomic E-state index is -0.122. The van der Waals surface area contributed by atoms with Crippen LogP contribution < -0.4 is 0 Å². The van der Waals surface area contributed by atoms with Crippen LogP contribution in [-0.2, 0) is 4.74 Å². The summed E-state index contributed by atoms with van der Waals surface area (Å²) >= 11 is 0. The van der Waals surface area contributed by atoms with Crippen LogP contribution in [0.5, 0.6) is 0 Å². The number of aliphatic hydroxyl groups is 1. The fourth-order valence-corrected chi connectivity index (χ4v) is 1.85. The molecule has 0 aromatic heterocycles. The smallest absolute Gasteiger partial charge is 0.0625 e. The molecule has 0 bridgehead atoms. The van der Waals surface area contributed by atoms with Gasteiger partial charge < -0.3 is 9.84 Å². The van der Waals surface area contributed by atoms with Crippen molar-refractivity contribution in [3.05, 3.63) is 0 Å². The maximum Gasteiger partial charge on any atom is 0.0625 e. The van der Waals surface area contributed by atoms with Crippen LogP contribution >= 0.6 is 0 Å². The summed E-state index contributed by atoms with van der Waals surface area (Å²) in [5.74, 6) is 0.602. The summed E-state index contributed by atoms with van der Waals surface area (Å²) in [5.41, 5.74) is 0. The molecule has 2 nitrogen and oxygen atoms in total. The Kier molecular flexibility index (Phi) is 4.02. The lowest BCUT2D eigenvalue weighted by Gasteiger charge is -2.30. The molecular weight excluding hydrogens is 152 g/mol. The molecule has 0 aromatic rings. The van der Waals surface area contributed by atoms with Gasteiger partial charge in [0.2, 0.25) is 0 Å². The van der Waals surface area contributed by atoms with Crippen LogP contribution in [-0.4, -0.2) is 23.9 Å². The van der Waals surface area contributed by atoms with Gasteiger partial charge in [0.05, 0.1) is 12.2 Å². The molecule has 72 valence electrons. The van der Waals surface area contributed by atoms with Crippen molar-refractivity contribution in [1.29, 1.82) is 0 Å². The number of hydrogen-bond acceptors (Lipinski definition) is 2. The monoisotopic (exact) mass is 172 g/mol. The summed E-state index contributed by atoms with van der Waals surface area (Å²) in [6.45, 7) is 5.14. The van der Waals surface area contributed by atoms with Gasteiger partial charge in [0, 0.05) is 6.61 Å². The molecule has 1 N–H and O–H groups in total. The zero-order valence-electron chi connectivity index (χ0n) is 8.12. The lowest BCUT2D eigenvalue weighted by molar-refractivity contribution is -0.0673. The lowest BCUT2D eigenvalue weighted by Crippen LogP contribution is -2.33. The Morgan fingerprint density at radius 2 is 2.33 bits per heavy atom. The Balaban J connectivity index is 2.29. The molecule has 0 radical (unpaired) electrons. The second-order valence-corrected chi connectivity index (χ2v) is 3.85. The molecule has 1 fully saturated rings. The first kappa shape index (κ1) is 10.0. The average molecular weight is 172 g/mol. The molecule has 0 spiro atoms. The first-order valence-corrected chi connectivity index (χ1v) is 5.03. The van der Waals surface area contributed by atoms with Crippen molar-refractivity contribution in [3.63, 3.8) is 0 Å². The fourth-order valence-electron chi connectivity index (χ4n) is 1.85. The van der Waals surface area contributed by atoms with E-state index in [9.17, 15) is 5.11 Å². The van der Waals surface area contributed by atoms with Crippen molar-refractivity contribution in [2.45, 2.75) is 51.7 Å². The first-order valence-electron chi connectivity index (χ1n) is 5.03. The standard InChI is InChI=1S/C10H20O2/c1-3-4-8(2)10-7-9(11)5-6-12-10/h8-11H,3-7H2,1-2H3. The number of hydrogen-bond donors (Lipinski definition) is 1. The summed E-state index contributed by atoms with van der Waals surface area (Å²) < 4.78 is 5.60. The molecule has 0 aromatic carbocycles. The number of rotatable bonds is 3. The summed E-state index contributed by atoms with van der Waals surface area (Å²) in [4.78, 5) is 0. The summed E-state index contributed by atoms with van der Waals surface area (Å²) in [7, 11) is 0. The number of ether oxygens (including phenoxy) is 1. The highest BCUT2D eigenvalue weighted by atomic mass is 16.5. The third-order valence-corrected chi connectivity index (χ3v) is 2.67. The molecule has 2 heteroatoms. The topological polar surface area (TPSA) is 29.5 Å². The van der Waals surface area contributed by atoms with Crippen molar-refractivity contribution < 1.29 is 9.84 Å². The minimum absolute atomic E-state index is 0.122. The highest BCUT2D eigenvalue weighted by molar-refractivity contribution is 4.74. The van der Waals surface area contributed by atoms with E-state index in [4.69, 9.17) is 4.74 Å². The maximum atomic E-state index is 9.42. The van der Waals surface area contributed by atoms with Crippen LogP contribution in [0.3, 0.4) is 0 Å². The molecule has 1 rings (SSSR count). The molecule has 1 heterocycles. The van der Waals surface area contributed by atoms with Gasteiger partial charge in [0.1, 0.15) is 0 Å². The largest absolute Gasteiger partial charge is 0.393 e. The molecule has 0 amide bonds. The quantitative estimate of drug-likeness (QED) is 0.705. The molecule has 3 atom stereocenters. The number of aliphatic hydroxyl groups excluding tert-OH is 1. The highest BCUT2D eigenvalue weighted by Crippen LogP contribution is 2.23. The average Bonchev–Trinajstić information content (AvgIpc) is 2.05. The van der Waals surface area contributed by atoms with E-state index < -0.39 is 0 Å². The van der Waals surface area contributed by atoms with Crippen molar-refractivity contribution in [3.8, 4) is 0 Å². The van der Waals surface area contributed by atoms with Gasteiger partial charge in [-0.3, -0.25) is 0 Å².